The molecule has 2 aromatic carbocycles. The zero-order chi connectivity index (χ0) is 18.5. The lowest BCUT2D eigenvalue weighted by Crippen LogP contribution is -2.18. The van der Waals surface area contributed by atoms with Gasteiger partial charge in [-0.15, -0.1) is 0 Å². The van der Waals surface area contributed by atoms with Gasteiger partial charge < -0.3 is 14.5 Å². The van der Waals surface area contributed by atoms with Gasteiger partial charge in [0.2, 0.25) is 4.77 Å². The molecule has 0 bridgehead atoms. The van der Waals surface area contributed by atoms with Crippen LogP contribution in [0.3, 0.4) is 0 Å². The molecular formula is C19H19N3O3S. The van der Waals surface area contributed by atoms with E-state index in [0.29, 0.717) is 29.0 Å². The van der Waals surface area contributed by atoms with Crippen molar-refractivity contribution in [3.05, 3.63) is 63.2 Å². The number of nitrogens with zero attached hydrogens (tertiary/aromatic N) is 2. The van der Waals surface area contributed by atoms with Gasteiger partial charge in [0.25, 0.3) is 5.56 Å². The van der Waals surface area contributed by atoms with Crippen LogP contribution in [0, 0.1) is 4.77 Å². The van der Waals surface area contributed by atoms with Crippen LogP contribution in [0.4, 0.5) is 0 Å². The highest BCUT2D eigenvalue weighted by molar-refractivity contribution is 7.71. The molecule has 3 aromatic rings. The minimum atomic E-state index is -0.268. The van der Waals surface area contributed by atoms with Crippen LogP contribution in [0.25, 0.3) is 10.9 Å². The Morgan fingerprint density at radius 1 is 1.23 bits per heavy atom. The van der Waals surface area contributed by atoms with Gasteiger partial charge >= 0.3 is 0 Å². The van der Waals surface area contributed by atoms with Gasteiger partial charge in [-0.2, -0.15) is 9.78 Å². The van der Waals surface area contributed by atoms with E-state index >= 15 is 0 Å². The molecule has 0 atom stereocenters. The van der Waals surface area contributed by atoms with Gasteiger partial charge in [-0.1, -0.05) is 19.1 Å². The molecule has 0 aliphatic heterocycles. The van der Waals surface area contributed by atoms with Crippen LogP contribution >= 0.6 is 12.2 Å². The van der Waals surface area contributed by atoms with E-state index in [1.165, 1.54) is 4.68 Å². The summed E-state index contributed by atoms with van der Waals surface area (Å²) in [5, 5.41) is 4.77. The highest BCUT2D eigenvalue weighted by Crippen LogP contribution is 2.27. The molecule has 1 N–H and O–H groups in total. The molecule has 0 aliphatic rings. The van der Waals surface area contributed by atoms with Gasteiger partial charge in [-0.3, -0.25) is 4.79 Å². The summed E-state index contributed by atoms with van der Waals surface area (Å²) in [6.45, 7) is 2.66. The number of nitrogens with one attached hydrogen (secondary N) is 1. The van der Waals surface area contributed by atoms with E-state index in [9.17, 15) is 4.79 Å². The number of benzene rings is 2. The Labute approximate surface area is 155 Å². The maximum atomic E-state index is 12.6. The van der Waals surface area contributed by atoms with Crippen LogP contribution in [0.2, 0.25) is 0 Å². The third-order valence-electron chi connectivity index (χ3n) is 3.76. The molecule has 0 amide bonds. The van der Waals surface area contributed by atoms with E-state index in [4.69, 9.17) is 21.7 Å². The van der Waals surface area contributed by atoms with Crippen LogP contribution in [-0.4, -0.2) is 29.6 Å². The second-order valence-electron chi connectivity index (χ2n) is 5.60. The first-order valence-electron chi connectivity index (χ1n) is 8.23. The number of rotatable bonds is 6. The number of hydrogen-bond acceptors (Lipinski definition) is 5. The summed E-state index contributed by atoms with van der Waals surface area (Å²) in [7, 11) is 1.58. The SMILES string of the molecule is CCCOc1ccc(/C=N\n2c(=S)[nH]c3ccccc3c2=O)cc1OC. The number of aromatic nitrogens is 2. The Kier molecular flexibility index (Phi) is 5.48. The summed E-state index contributed by atoms with van der Waals surface area (Å²) >= 11 is 5.25. The fraction of sp³-hybridized carbons (Fsp3) is 0.211. The van der Waals surface area contributed by atoms with Crippen molar-refractivity contribution >= 4 is 29.3 Å². The first kappa shape index (κ1) is 17.9. The molecule has 1 heterocycles. The zero-order valence-electron chi connectivity index (χ0n) is 14.6. The van der Waals surface area contributed by atoms with Gasteiger partial charge in [-0.05, 0) is 54.5 Å². The zero-order valence-corrected chi connectivity index (χ0v) is 15.4. The Morgan fingerprint density at radius 3 is 2.81 bits per heavy atom. The summed E-state index contributed by atoms with van der Waals surface area (Å²) in [6, 6.07) is 12.6. The molecular weight excluding hydrogens is 350 g/mol. The number of hydrogen-bond donors (Lipinski definition) is 1. The normalized spacial score (nSPS) is 11.2. The molecule has 1 aromatic heterocycles. The number of para-hydroxylation sites is 1. The quantitative estimate of drug-likeness (QED) is 0.531. The number of H-pyrrole nitrogens is 1. The molecule has 0 saturated carbocycles. The van der Waals surface area contributed by atoms with Gasteiger partial charge in [-0.25, -0.2) is 0 Å². The van der Waals surface area contributed by atoms with Crippen LogP contribution in [0.15, 0.2) is 52.4 Å². The van der Waals surface area contributed by atoms with E-state index in [1.807, 2.05) is 25.1 Å². The van der Waals surface area contributed by atoms with E-state index in [-0.39, 0.29) is 10.3 Å². The topological polar surface area (TPSA) is 68.6 Å². The molecule has 6 nitrogen and oxygen atoms in total. The Balaban J connectivity index is 1.96. The first-order valence-corrected chi connectivity index (χ1v) is 8.64. The van der Waals surface area contributed by atoms with E-state index < -0.39 is 0 Å². The Bertz CT molecular complexity index is 1070. The third-order valence-corrected chi connectivity index (χ3v) is 4.03. The van der Waals surface area contributed by atoms with Crippen LogP contribution < -0.4 is 15.0 Å². The molecule has 0 radical (unpaired) electrons. The molecule has 3 rings (SSSR count). The van der Waals surface area contributed by atoms with Crippen LogP contribution in [-0.2, 0) is 0 Å². The second kappa shape index (κ2) is 7.97. The summed E-state index contributed by atoms with van der Waals surface area (Å²) in [6.07, 6.45) is 2.47. The van der Waals surface area contributed by atoms with Crippen molar-refractivity contribution in [1.82, 2.24) is 9.66 Å². The monoisotopic (exact) mass is 369 g/mol. The maximum absolute atomic E-state index is 12.6. The van der Waals surface area contributed by atoms with Gasteiger partial charge in [0.05, 0.1) is 30.8 Å². The van der Waals surface area contributed by atoms with Crippen LogP contribution in [0.1, 0.15) is 18.9 Å². The highest BCUT2D eigenvalue weighted by Gasteiger charge is 2.06. The largest absolute Gasteiger partial charge is 0.493 e. The average Bonchev–Trinajstić information content (AvgIpc) is 2.66. The Hall–Kier alpha value is -2.93. The van der Waals surface area contributed by atoms with Crippen molar-refractivity contribution in [2.24, 2.45) is 5.10 Å². The van der Waals surface area contributed by atoms with E-state index in [1.54, 1.807) is 37.6 Å². The van der Waals surface area contributed by atoms with Crippen LogP contribution in [0.5, 0.6) is 11.5 Å². The first-order chi connectivity index (χ1) is 12.6. The maximum Gasteiger partial charge on any atom is 0.282 e. The molecule has 26 heavy (non-hydrogen) atoms. The van der Waals surface area contributed by atoms with Gasteiger partial charge in [0.15, 0.2) is 11.5 Å². The van der Waals surface area contributed by atoms with Crippen molar-refractivity contribution in [2.45, 2.75) is 13.3 Å². The molecule has 0 saturated heterocycles. The summed E-state index contributed by atoms with van der Waals surface area (Å²) in [5.41, 5.74) is 1.18. The predicted molar refractivity (Wildman–Crippen MR) is 105 cm³/mol. The molecule has 7 heteroatoms. The van der Waals surface area contributed by atoms with Crippen molar-refractivity contribution in [3.8, 4) is 11.5 Å². The standard InChI is InChI=1S/C19H19N3O3S/c1-3-10-25-16-9-8-13(11-17(16)24-2)12-20-22-18(23)14-6-4-5-7-15(14)21-19(22)26/h4-9,11-12H,3,10H2,1-2H3,(H,21,26)/b20-12-. The number of aromatic amines is 1. The van der Waals surface area contributed by atoms with E-state index in [0.717, 1.165) is 12.0 Å². The third kappa shape index (κ3) is 3.67. The van der Waals surface area contributed by atoms with Gasteiger partial charge in [0.1, 0.15) is 0 Å². The smallest absolute Gasteiger partial charge is 0.282 e. The summed E-state index contributed by atoms with van der Waals surface area (Å²) < 4.78 is 12.4. The van der Waals surface area contributed by atoms with E-state index in [2.05, 4.69) is 10.1 Å². The fourth-order valence-electron chi connectivity index (χ4n) is 2.48. The summed E-state index contributed by atoms with van der Waals surface area (Å²) in [4.78, 5) is 15.6. The highest BCUT2D eigenvalue weighted by atomic mass is 32.1. The molecule has 0 unspecified atom stereocenters. The lowest BCUT2D eigenvalue weighted by Gasteiger charge is -2.10. The van der Waals surface area contributed by atoms with Crippen molar-refractivity contribution in [1.29, 1.82) is 0 Å². The number of fused-ring (bicyclic) bond motifs is 1. The van der Waals surface area contributed by atoms with Crippen molar-refractivity contribution in [3.63, 3.8) is 0 Å². The average molecular weight is 369 g/mol. The number of methoxy groups -OCH3 is 1. The lowest BCUT2D eigenvalue weighted by atomic mass is 10.2. The van der Waals surface area contributed by atoms with Crippen molar-refractivity contribution in [2.75, 3.05) is 13.7 Å². The second-order valence-corrected chi connectivity index (χ2v) is 5.98. The lowest BCUT2D eigenvalue weighted by molar-refractivity contribution is 0.294. The molecule has 0 fully saturated rings. The number of ether oxygens (including phenoxy) is 2. The fourth-order valence-corrected chi connectivity index (χ4v) is 2.72. The minimum absolute atomic E-state index is 0.236. The summed E-state index contributed by atoms with van der Waals surface area (Å²) in [5.74, 6) is 1.28. The molecule has 0 spiro atoms. The predicted octanol–water partition coefficient (Wildman–Crippen LogP) is 3.74. The minimum Gasteiger partial charge on any atom is -0.493 e. The van der Waals surface area contributed by atoms with Crippen molar-refractivity contribution < 1.29 is 9.47 Å². The molecule has 0 aliphatic carbocycles. The Morgan fingerprint density at radius 2 is 2.04 bits per heavy atom. The molecule has 134 valence electrons. The van der Waals surface area contributed by atoms with Gasteiger partial charge in [0, 0.05) is 0 Å².